The summed E-state index contributed by atoms with van der Waals surface area (Å²) in [7, 11) is 1.70. The van der Waals surface area contributed by atoms with Crippen molar-refractivity contribution in [3.63, 3.8) is 0 Å². The number of aromatic nitrogens is 2. The Morgan fingerprint density at radius 1 is 1.25 bits per heavy atom. The molecule has 0 bridgehead atoms. The normalized spacial score (nSPS) is 10.3. The summed E-state index contributed by atoms with van der Waals surface area (Å²) in [5, 5.41) is 8.83. The molecule has 0 amide bonds. The Morgan fingerprint density at radius 2 is 2.00 bits per heavy atom. The zero-order chi connectivity index (χ0) is 14.7. The van der Waals surface area contributed by atoms with Gasteiger partial charge in [-0.25, -0.2) is 9.97 Å². The van der Waals surface area contributed by atoms with E-state index in [4.69, 9.17) is 5.11 Å². The summed E-state index contributed by atoms with van der Waals surface area (Å²) in [6.07, 6.45) is 1.46. The number of aliphatic carboxylic acids is 1. The number of aryl methyl sites for hydroxylation is 2. The van der Waals surface area contributed by atoms with Crippen LogP contribution in [0.15, 0.2) is 30.6 Å². The zero-order valence-electron chi connectivity index (χ0n) is 11.8. The molecule has 0 spiro atoms. The number of hydrogen-bond acceptors (Lipinski definition) is 4. The van der Waals surface area contributed by atoms with Crippen LogP contribution in [0.4, 0.5) is 5.82 Å². The van der Waals surface area contributed by atoms with Crippen LogP contribution in [0, 0.1) is 13.8 Å². The second-order valence-corrected chi connectivity index (χ2v) is 4.83. The maximum Gasteiger partial charge on any atom is 0.323 e. The molecule has 0 fully saturated rings. The molecule has 5 nitrogen and oxygen atoms in total. The predicted molar refractivity (Wildman–Crippen MR) is 77.8 cm³/mol. The van der Waals surface area contributed by atoms with E-state index >= 15 is 0 Å². The van der Waals surface area contributed by atoms with Crippen molar-refractivity contribution in [2.75, 3.05) is 18.5 Å². The average Bonchev–Trinajstić information content (AvgIpc) is 2.41. The van der Waals surface area contributed by atoms with Crippen LogP contribution in [-0.4, -0.2) is 34.6 Å². The molecule has 0 aliphatic carbocycles. The summed E-state index contributed by atoms with van der Waals surface area (Å²) in [4.78, 5) is 20.7. The SMILES string of the molecule is Cc1ccc(C)c(-c2cc(N(C)CC(=O)O)ncn2)c1. The van der Waals surface area contributed by atoms with Gasteiger partial charge in [0.1, 0.15) is 18.7 Å². The van der Waals surface area contributed by atoms with Gasteiger partial charge in [0.15, 0.2) is 0 Å². The Balaban J connectivity index is 2.39. The van der Waals surface area contributed by atoms with Crippen LogP contribution in [-0.2, 0) is 4.79 Å². The van der Waals surface area contributed by atoms with Gasteiger partial charge in [-0.1, -0.05) is 17.7 Å². The maximum absolute atomic E-state index is 10.8. The predicted octanol–water partition coefficient (Wildman–Crippen LogP) is 2.28. The number of carboxylic acids is 1. The zero-order valence-corrected chi connectivity index (χ0v) is 11.8. The van der Waals surface area contributed by atoms with E-state index < -0.39 is 5.97 Å². The van der Waals surface area contributed by atoms with Gasteiger partial charge in [0, 0.05) is 18.7 Å². The molecule has 0 unspecified atom stereocenters. The van der Waals surface area contributed by atoms with Crippen molar-refractivity contribution in [2.24, 2.45) is 0 Å². The first kappa shape index (κ1) is 14.0. The van der Waals surface area contributed by atoms with Crippen LogP contribution in [0.2, 0.25) is 0 Å². The first-order valence-electron chi connectivity index (χ1n) is 6.30. The number of rotatable bonds is 4. The molecular weight excluding hydrogens is 254 g/mol. The third-order valence-electron chi connectivity index (χ3n) is 3.09. The topological polar surface area (TPSA) is 66.3 Å². The van der Waals surface area contributed by atoms with Crippen LogP contribution >= 0.6 is 0 Å². The Kier molecular flexibility index (Phi) is 3.98. The minimum atomic E-state index is -0.889. The Labute approximate surface area is 117 Å². The van der Waals surface area contributed by atoms with E-state index in [0.717, 1.165) is 22.4 Å². The molecule has 5 heteroatoms. The van der Waals surface area contributed by atoms with E-state index in [1.165, 1.54) is 6.33 Å². The molecule has 0 radical (unpaired) electrons. The lowest BCUT2D eigenvalue weighted by molar-refractivity contribution is -0.135. The molecule has 1 heterocycles. The highest BCUT2D eigenvalue weighted by atomic mass is 16.4. The highest BCUT2D eigenvalue weighted by molar-refractivity contribution is 5.74. The van der Waals surface area contributed by atoms with Crippen molar-refractivity contribution in [3.05, 3.63) is 41.7 Å². The van der Waals surface area contributed by atoms with Crippen molar-refractivity contribution < 1.29 is 9.90 Å². The van der Waals surface area contributed by atoms with Gasteiger partial charge in [-0.15, -0.1) is 0 Å². The molecule has 20 heavy (non-hydrogen) atoms. The van der Waals surface area contributed by atoms with E-state index in [9.17, 15) is 4.79 Å². The third kappa shape index (κ3) is 3.12. The summed E-state index contributed by atoms with van der Waals surface area (Å²) in [6.45, 7) is 3.96. The molecule has 0 atom stereocenters. The monoisotopic (exact) mass is 271 g/mol. The fourth-order valence-electron chi connectivity index (χ4n) is 2.00. The van der Waals surface area contributed by atoms with Gasteiger partial charge in [-0.05, 0) is 25.5 Å². The summed E-state index contributed by atoms with van der Waals surface area (Å²) in [5.74, 6) is -0.294. The van der Waals surface area contributed by atoms with Crippen LogP contribution in [0.25, 0.3) is 11.3 Å². The molecule has 1 N–H and O–H groups in total. The fraction of sp³-hybridized carbons (Fsp3) is 0.267. The van der Waals surface area contributed by atoms with Crippen LogP contribution < -0.4 is 4.90 Å². The van der Waals surface area contributed by atoms with Crippen molar-refractivity contribution in [3.8, 4) is 11.3 Å². The van der Waals surface area contributed by atoms with E-state index in [1.807, 2.05) is 26.0 Å². The second kappa shape index (κ2) is 5.69. The Morgan fingerprint density at radius 3 is 2.70 bits per heavy atom. The first-order valence-corrected chi connectivity index (χ1v) is 6.30. The number of likely N-dealkylation sites (N-methyl/N-ethyl adjacent to an activating group) is 1. The second-order valence-electron chi connectivity index (χ2n) is 4.83. The van der Waals surface area contributed by atoms with Crippen molar-refractivity contribution in [1.82, 2.24) is 9.97 Å². The molecule has 0 saturated heterocycles. The van der Waals surface area contributed by atoms with Gasteiger partial charge in [-0.3, -0.25) is 4.79 Å². The molecule has 2 rings (SSSR count). The maximum atomic E-state index is 10.8. The molecular formula is C15H17N3O2. The van der Waals surface area contributed by atoms with Gasteiger partial charge < -0.3 is 10.0 Å². The number of benzene rings is 1. The van der Waals surface area contributed by atoms with Crippen LogP contribution in [0.3, 0.4) is 0 Å². The van der Waals surface area contributed by atoms with Gasteiger partial charge in [0.05, 0.1) is 5.69 Å². The summed E-state index contributed by atoms with van der Waals surface area (Å²) < 4.78 is 0. The number of carboxylic acid groups (broad SMARTS) is 1. The highest BCUT2D eigenvalue weighted by Crippen LogP contribution is 2.24. The fourth-order valence-corrected chi connectivity index (χ4v) is 2.00. The van der Waals surface area contributed by atoms with Gasteiger partial charge in [0.2, 0.25) is 0 Å². The largest absolute Gasteiger partial charge is 0.480 e. The van der Waals surface area contributed by atoms with Gasteiger partial charge in [-0.2, -0.15) is 0 Å². The minimum Gasteiger partial charge on any atom is -0.480 e. The lowest BCUT2D eigenvalue weighted by Gasteiger charge is -2.16. The van der Waals surface area contributed by atoms with E-state index in [1.54, 1.807) is 11.9 Å². The molecule has 1 aromatic heterocycles. The van der Waals surface area contributed by atoms with Crippen molar-refractivity contribution in [1.29, 1.82) is 0 Å². The molecule has 0 aliphatic heterocycles. The summed E-state index contributed by atoms with van der Waals surface area (Å²) in [6, 6.07) is 7.98. The highest BCUT2D eigenvalue weighted by Gasteiger charge is 2.10. The molecule has 0 aliphatic rings. The van der Waals surface area contributed by atoms with Gasteiger partial charge in [0.25, 0.3) is 0 Å². The van der Waals surface area contributed by atoms with E-state index in [0.29, 0.717) is 5.82 Å². The molecule has 104 valence electrons. The summed E-state index contributed by atoms with van der Waals surface area (Å²) in [5.41, 5.74) is 4.12. The van der Waals surface area contributed by atoms with Crippen LogP contribution in [0.5, 0.6) is 0 Å². The van der Waals surface area contributed by atoms with E-state index in [2.05, 4.69) is 22.1 Å². The standard InChI is InChI=1S/C15H17N3O2/c1-10-4-5-11(2)12(6-10)13-7-14(17-9-16-13)18(3)8-15(19)20/h4-7,9H,8H2,1-3H3,(H,19,20). The van der Waals surface area contributed by atoms with E-state index in [-0.39, 0.29) is 6.54 Å². The quantitative estimate of drug-likeness (QED) is 0.924. The molecule has 2 aromatic rings. The van der Waals surface area contributed by atoms with Crippen molar-refractivity contribution in [2.45, 2.75) is 13.8 Å². The lowest BCUT2D eigenvalue weighted by Crippen LogP contribution is -2.25. The number of hydrogen-bond donors (Lipinski definition) is 1. The van der Waals surface area contributed by atoms with Crippen molar-refractivity contribution >= 4 is 11.8 Å². The Hall–Kier alpha value is -2.43. The lowest BCUT2D eigenvalue weighted by atomic mass is 10.0. The van der Waals surface area contributed by atoms with Gasteiger partial charge >= 0.3 is 5.97 Å². The third-order valence-corrected chi connectivity index (χ3v) is 3.09. The average molecular weight is 271 g/mol. The number of nitrogens with zero attached hydrogens (tertiary/aromatic N) is 3. The molecule has 0 saturated carbocycles. The van der Waals surface area contributed by atoms with Crippen LogP contribution in [0.1, 0.15) is 11.1 Å². The summed E-state index contributed by atoms with van der Waals surface area (Å²) >= 11 is 0. The smallest absolute Gasteiger partial charge is 0.323 e. The first-order chi connectivity index (χ1) is 9.47. The molecule has 1 aromatic carbocycles. The minimum absolute atomic E-state index is 0.0940. The number of carbonyl (C=O) groups is 1. The number of anilines is 1. The Bertz CT molecular complexity index is 641.